The molecule has 0 aliphatic heterocycles. The lowest BCUT2D eigenvalue weighted by Crippen LogP contribution is -2.15. The predicted molar refractivity (Wildman–Crippen MR) is 67.5 cm³/mol. The first-order valence-corrected chi connectivity index (χ1v) is 5.62. The van der Waals surface area contributed by atoms with Crippen LogP contribution in [0.5, 0.6) is 0 Å². The van der Waals surface area contributed by atoms with Crippen molar-refractivity contribution in [3.8, 4) is 6.07 Å². The third-order valence-corrected chi connectivity index (χ3v) is 2.73. The Labute approximate surface area is 105 Å². The van der Waals surface area contributed by atoms with Crippen molar-refractivity contribution >= 4 is 17.3 Å². The van der Waals surface area contributed by atoms with Crippen molar-refractivity contribution in [2.45, 2.75) is 12.8 Å². The molecule has 5 heteroatoms. The van der Waals surface area contributed by atoms with Crippen LogP contribution in [0.1, 0.15) is 12.8 Å². The summed E-state index contributed by atoms with van der Waals surface area (Å²) in [5.41, 5.74) is 6.43. The summed E-state index contributed by atoms with van der Waals surface area (Å²) in [4.78, 5) is 11.8. The number of anilines is 2. The lowest BCUT2D eigenvalue weighted by Gasteiger charge is -2.06. The summed E-state index contributed by atoms with van der Waals surface area (Å²) in [6, 6.07) is 8.31. The fourth-order valence-corrected chi connectivity index (χ4v) is 1.55. The van der Waals surface area contributed by atoms with Crippen LogP contribution >= 0.6 is 0 Å². The van der Waals surface area contributed by atoms with Gasteiger partial charge in [0.05, 0.1) is 0 Å². The van der Waals surface area contributed by atoms with E-state index in [4.69, 9.17) is 11.0 Å². The van der Waals surface area contributed by atoms with E-state index < -0.39 is 5.91 Å². The molecule has 1 aromatic rings. The van der Waals surface area contributed by atoms with Gasteiger partial charge in [0.25, 0.3) is 5.91 Å². The van der Waals surface area contributed by atoms with Crippen LogP contribution < -0.4 is 11.1 Å². The number of rotatable bonds is 3. The van der Waals surface area contributed by atoms with E-state index in [0.29, 0.717) is 11.4 Å². The van der Waals surface area contributed by atoms with Crippen molar-refractivity contribution in [3.05, 3.63) is 35.6 Å². The van der Waals surface area contributed by atoms with Crippen molar-refractivity contribution in [2.75, 3.05) is 11.1 Å². The number of benzene rings is 1. The number of hydrogen-bond acceptors (Lipinski definition) is 4. The molecule has 18 heavy (non-hydrogen) atoms. The molecule has 1 aromatic carbocycles. The monoisotopic (exact) mass is 243 g/mol. The molecule has 5 nitrogen and oxygen atoms in total. The van der Waals surface area contributed by atoms with Gasteiger partial charge in [0.1, 0.15) is 11.8 Å². The molecule has 1 saturated carbocycles. The number of carbonyl (C=O) groups excluding carboxylic acids is 1. The first kappa shape index (κ1) is 12.0. The molecule has 0 unspecified atom stereocenters. The van der Waals surface area contributed by atoms with Gasteiger partial charge in [-0.1, -0.05) is 0 Å². The lowest BCUT2D eigenvalue weighted by molar-refractivity contribution is -0.112. The van der Waals surface area contributed by atoms with Gasteiger partial charge in [-0.3, -0.25) is 4.79 Å². The summed E-state index contributed by atoms with van der Waals surface area (Å²) < 4.78 is 0. The summed E-state index contributed by atoms with van der Waals surface area (Å²) in [5.74, 6) is -0.728. The Hall–Kier alpha value is -2.48. The number of nitrogens with zero attached hydrogens (tertiary/aromatic N) is 1. The minimum Gasteiger partial charge on any atom is -0.510 e. The summed E-state index contributed by atoms with van der Waals surface area (Å²) in [6.45, 7) is 0. The molecule has 0 spiro atoms. The summed E-state index contributed by atoms with van der Waals surface area (Å²) in [6.07, 6.45) is 1.65. The highest BCUT2D eigenvalue weighted by atomic mass is 16.3. The van der Waals surface area contributed by atoms with Crippen LogP contribution in [0, 0.1) is 17.2 Å². The number of aliphatic hydroxyl groups is 1. The van der Waals surface area contributed by atoms with Gasteiger partial charge < -0.3 is 16.2 Å². The molecule has 1 amide bonds. The number of carbonyl (C=O) groups is 1. The number of amides is 1. The van der Waals surface area contributed by atoms with Gasteiger partial charge in [-0.2, -0.15) is 5.26 Å². The molecule has 0 bridgehead atoms. The van der Waals surface area contributed by atoms with Gasteiger partial charge in [0.15, 0.2) is 5.57 Å². The molecular weight excluding hydrogens is 230 g/mol. The molecule has 0 radical (unpaired) electrons. The normalized spacial score (nSPS) is 15.5. The van der Waals surface area contributed by atoms with Gasteiger partial charge in [-0.25, -0.2) is 0 Å². The average molecular weight is 243 g/mol. The van der Waals surface area contributed by atoms with Crippen molar-refractivity contribution in [3.63, 3.8) is 0 Å². The van der Waals surface area contributed by atoms with E-state index >= 15 is 0 Å². The topological polar surface area (TPSA) is 99.1 Å². The first-order chi connectivity index (χ1) is 8.61. The Balaban J connectivity index is 2.14. The Morgan fingerprint density at radius 3 is 2.50 bits per heavy atom. The average Bonchev–Trinajstić information content (AvgIpc) is 3.17. The number of nitrogen functional groups attached to an aromatic ring is 1. The minimum absolute atomic E-state index is 0.0307. The number of nitriles is 1. The fraction of sp³-hybridized carbons (Fsp3) is 0.231. The van der Waals surface area contributed by atoms with Gasteiger partial charge in [0, 0.05) is 17.3 Å². The number of allylic oxidation sites excluding steroid dienone is 1. The van der Waals surface area contributed by atoms with Gasteiger partial charge >= 0.3 is 0 Å². The number of aliphatic hydroxyl groups excluding tert-OH is 1. The molecular formula is C13H13N3O2. The van der Waals surface area contributed by atoms with E-state index in [1.165, 1.54) is 0 Å². The predicted octanol–water partition coefficient (Wildman–Crippen LogP) is 1.95. The maximum Gasteiger partial charge on any atom is 0.269 e. The Bertz CT molecular complexity index is 536. The van der Waals surface area contributed by atoms with Crippen molar-refractivity contribution in [1.29, 1.82) is 5.26 Å². The smallest absolute Gasteiger partial charge is 0.269 e. The van der Waals surface area contributed by atoms with Crippen molar-refractivity contribution in [2.24, 2.45) is 5.92 Å². The van der Waals surface area contributed by atoms with Crippen LogP contribution in [0.25, 0.3) is 0 Å². The van der Waals surface area contributed by atoms with Crippen LogP contribution in [0.3, 0.4) is 0 Å². The third-order valence-electron chi connectivity index (χ3n) is 2.73. The zero-order valence-electron chi connectivity index (χ0n) is 9.68. The highest BCUT2D eigenvalue weighted by molar-refractivity contribution is 6.07. The number of nitrogens with one attached hydrogen (secondary N) is 1. The van der Waals surface area contributed by atoms with E-state index in [2.05, 4.69) is 5.32 Å². The maximum absolute atomic E-state index is 11.8. The molecule has 1 fully saturated rings. The second-order valence-corrected chi connectivity index (χ2v) is 4.22. The van der Waals surface area contributed by atoms with Crippen LogP contribution in [0.2, 0.25) is 0 Å². The first-order valence-electron chi connectivity index (χ1n) is 5.62. The highest BCUT2D eigenvalue weighted by Gasteiger charge is 2.30. The number of nitrogens with two attached hydrogens (primary N) is 1. The third kappa shape index (κ3) is 2.61. The van der Waals surface area contributed by atoms with E-state index in [9.17, 15) is 9.90 Å². The zero-order valence-corrected chi connectivity index (χ0v) is 9.68. The number of hydrogen-bond donors (Lipinski definition) is 3. The highest BCUT2D eigenvalue weighted by Crippen LogP contribution is 2.36. The van der Waals surface area contributed by atoms with E-state index in [1.807, 2.05) is 0 Å². The maximum atomic E-state index is 11.8. The largest absolute Gasteiger partial charge is 0.510 e. The van der Waals surface area contributed by atoms with Crippen molar-refractivity contribution in [1.82, 2.24) is 0 Å². The second kappa shape index (κ2) is 4.80. The van der Waals surface area contributed by atoms with Crippen molar-refractivity contribution < 1.29 is 9.90 Å². The molecule has 0 saturated heterocycles. The van der Waals surface area contributed by atoms with E-state index in [0.717, 1.165) is 12.8 Å². The van der Waals surface area contributed by atoms with Crippen LogP contribution in [-0.4, -0.2) is 11.0 Å². The van der Waals surface area contributed by atoms with Crippen LogP contribution in [0.15, 0.2) is 35.6 Å². The lowest BCUT2D eigenvalue weighted by atomic mass is 10.1. The van der Waals surface area contributed by atoms with Gasteiger partial charge in [-0.05, 0) is 37.1 Å². The van der Waals surface area contributed by atoms with E-state index in [-0.39, 0.29) is 17.3 Å². The Morgan fingerprint density at radius 2 is 2.00 bits per heavy atom. The molecule has 1 aliphatic carbocycles. The zero-order chi connectivity index (χ0) is 13.1. The SMILES string of the molecule is N#C/C(C(=O)Nc1ccc(N)cc1)=C(/O)C1CC1. The van der Waals surface area contributed by atoms with Gasteiger partial charge in [0.2, 0.25) is 0 Å². The molecule has 4 N–H and O–H groups in total. The standard InChI is InChI=1S/C13H13N3O2/c14-7-11(12(17)8-1-2-8)13(18)16-10-5-3-9(15)4-6-10/h3-6,8,17H,1-2,15H2,(H,16,18)/b12-11-. The Morgan fingerprint density at radius 1 is 1.39 bits per heavy atom. The fourth-order valence-electron chi connectivity index (χ4n) is 1.55. The summed E-state index contributed by atoms with van der Waals surface area (Å²) in [5, 5.41) is 21.2. The molecule has 0 atom stereocenters. The minimum atomic E-state index is -0.591. The molecule has 0 aromatic heterocycles. The molecule has 2 rings (SSSR count). The van der Waals surface area contributed by atoms with E-state index in [1.54, 1.807) is 30.3 Å². The van der Waals surface area contributed by atoms with Gasteiger partial charge in [-0.15, -0.1) is 0 Å². The second-order valence-electron chi connectivity index (χ2n) is 4.22. The summed E-state index contributed by atoms with van der Waals surface area (Å²) in [7, 11) is 0. The summed E-state index contributed by atoms with van der Waals surface area (Å²) >= 11 is 0. The Kier molecular flexibility index (Phi) is 3.20. The van der Waals surface area contributed by atoms with Crippen LogP contribution in [0.4, 0.5) is 11.4 Å². The molecule has 92 valence electrons. The van der Waals surface area contributed by atoms with Crippen LogP contribution in [-0.2, 0) is 4.79 Å². The molecule has 1 aliphatic rings. The molecule has 0 heterocycles. The quantitative estimate of drug-likeness (QED) is 0.327.